The smallest absolute Gasteiger partial charge is 0.412 e. The molecule has 2 fully saturated rings. The lowest BCUT2D eigenvalue weighted by molar-refractivity contribution is 0.00729. The summed E-state index contributed by atoms with van der Waals surface area (Å²) >= 11 is 0. The van der Waals surface area contributed by atoms with Gasteiger partial charge in [0.2, 0.25) is 0 Å². The Morgan fingerprint density at radius 2 is 1.84 bits per heavy atom. The van der Waals surface area contributed by atoms with Crippen LogP contribution in [0.3, 0.4) is 0 Å². The molecule has 0 radical (unpaired) electrons. The lowest BCUT2D eigenvalue weighted by Crippen LogP contribution is -2.47. The van der Waals surface area contributed by atoms with Gasteiger partial charge in [-0.05, 0) is 91.7 Å². The van der Waals surface area contributed by atoms with Crippen molar-refractivity contribution in [3.05, 3.63) is 30.1 Å². The van der Waals surface area contributed by atoms with Crippen LogP contribution in [-0.2, 0) is 11.2 Å². The minimum absolute atomic E-state index is 0.0431. The van der Waals surface area contributed by atoms with E-state index in [9.17, 15) is 14.7 Å². The fourth-order valence-corrected chi connectivity index (χ4v) is 5.77. The van der Waals surface area contributed by atoms with E-state index >= 15 is 0 Å². The maximum absolute atomic E-state index is 12.6. The number of nitrogens with zero attached hydrogens (tertiary/aromatic N) is 4. The molecule has 3 atom stereocenters. The summed E-state index contributed by atoms with van der Waals surface area (Å²) in [6.45, 7) is 10.3. The zero-order valence-corrected chi connectivity index (χ0v) is 23.1. The summed E-state index contributed by atoms with van der Waals surface area (Å²) in [7, 11) is 0. The van der Waals surface area contributed by atoms with Crippen molar-refractivity contribution in [2.75, 3.05) is 11.4 Å². The van der Waals surface area contributed by atoms with Crippen molar-refractivity contribution in [2.45, 2.75) is 109 Å². The molecule has 1 saturated heterocycles. The molecule has 0 unspecified atom stereocenters. The van der Waals surface area contributed by atoms with Gasteiger partial charge in [-0.3, -0.25) is 9.58 Å². The number of piperidine rings is 1. The molecule has 0 bridgehead atoms. The molecule has 2 aromatic rings. The first-order valence-electron chi connectivity index (χ1n) is 13.9. The lowest BCUT2D eigenvalue weighted by Gasteiger charge is -2.38. The molecule has 1 N–H and O–H groups in total. The Labute approximate surface area is 224 Å². The van der Waals surface area contributed by atoms with Crippen LogP contribution >= 0.6 is 0 Å². The van der Waals surface area contributed by atoms with E-state index in [1.54, 1.807) is 0 Å². The molecule has 3 aliphatic rings. The monoisotopic (exact) mass is 524 g/mol. The van der Waals surface area contributed by atoms with E-state index in [-0.39, 0.29) is 30.3 Å². The number of carbonyl (C=O) groups excluding carboxylic acids is 1. The van der Waals surface area contributed by atoms with Crippen molar-refractivity contribution in [3.63, 3.8) is 0 Å². The van der Waals surface area contributed by atoms with Gasteiger partial charge < -0.3 is 19.5 Å². The minimum Gasteiger partial charge on any atom is -0.489 e. The number of carboxylic acid groups (broad SMARTS) is 1. The molecule has 9 heteroatoms. The summed E-state index contributed by atoms with van der Waals surface area (Å²) in [6.07, 6.45) is 9.26. The Morgan fingerprint density at radius 3 is 2.47 bits per heavy atom. The Kier molecular flexibility index (Phi) is 7.05. The number of fused-ring (bicyclic) bond motifs is 1. The summed E-state index contributed by atoms with van der Waals surface area (Å²) < 4.78 is 14.1. The van der Waals surface area contributed by atoms with E-state index in [2.05, 4.69) is 13.1 Å². The first-order chi connectivity index (χ1) is 18.0. The number of ether oxygens (including phenoxy) is 2. The van der Waals surface area contributed by atoms with E-state index in [0.717, 1.165) is 73.1 Å². The topological polar surface area (TPSA) is 97.1 Å². The van der Waals surface area contributed by atoms with Crippen LogP contribution in [0.15, 0.2) is 24.5 Å². The summed E-state index contributed by atoms with van der Waals surface area (Å²) in [5.41, 5.74) is 3.11. The number of anilines is 1. The van der Waals surface area contributed by atoms with Crippen LogP contribution in [0.2, 0.25) is 0 Å². The highest BCUT2D eigenvalue weighted by atomic mass is 16.6. The van der Waals surface area contributed by atoms with Crippen LogP contribution in [-0.4, -0.2) is 62.3 Å². The normalized spacial score (nSPS) is 24.0. The quantitative estimate of drug-likeness (QED) is 0.507. The van der Waals surface area contributed by atoms with E-state index in [4.69, 9.17) is 14.6 Å². The van der Waals surface area contributed by atoms with Gasteiger partial charge in [0.25, 0.3) is 0 Å². The average molecular weight is 525 g/mol. The second-order valence-electron chi connectivity index (χ2n) is 12.1. The third kappa shape index (κ3) is 5.20. The molecule has 5 rings (SSSR count). The Bertz CT molecular complexity index is 1200. The van der Waals surface area contributed by atoms with Crippen molar-refractivity contribution in [3.8, 4) is 16.9 Å². The van der Waals surface area contributed by atoms with Crippen LogP contribution in [0.25, 0.3) is 11.1 Å². The zero-order valence-electron chi connectivity index (χ0n) is 23.1. The second-order valence-corrected chi connectivity index (χ2v) is 12.1. The van der Waals surface area contributed by atoms with Gasteiger partial charge in [-0.15, -0.1) is 0 Å². The predicted molar refractivity (Wildman–Crippen MR) is 145 cm³/mol. The Morgan fingerprint density at radius 1 is 1.08 bits per heavy atom. The lowest BCUT2D eigenvalue weighted by atomic mass is 9.91. The van der Waals surface area contributed by atoms with Gasteiger partial charge in [-0.1, -0.05) is 0 Å². The molecule has 206 valence electrons. The van der Waals surface area contributed by atoms with E-state index < -0.39 is 11.7 Å². The van der Waals surface area contributed by atoms with Gasteiger partial charge in [0.1, 0.15) is 11.4 Å². The van der Waals surface area contributed by atoms with Crippen LogP contribution in [0.4, 0.5) is 15.3 Å². The Balaban J connectivity index is 1.40. The van der Waals surface area contributed by atoms with Gasteiger partial charge in [0.05, 0.1) is 24.0 Å². The third-order valence-electron chi connectivity index (χ3n) is 8.05. The average Bonchev–Trinajstić information content (AvgIpc) is 3.29. The first-order valence-corrected chi connectivity index (χ1v) is 13.9. The van der Waals surface area contributed by atoms with Crippen LogP contribution < -0.4 is 9.64 Å². The summed E-state index contributed by atoms with van der Waals surface area (Å²) in [6, 6.07) is 4.05. The SMILES string of the molecule is C[C@@H]1C[C@@H](n2cc(-c3ccc4c(c3OC3CCC3)CC[C@H](C)N4C(=O)O)cn2)CCN1C(=O)OC(C)(C)C. The van der Waals surface area contributed by atoms with Crippen LogP contribution in [0, 0.1) is 0 Å². The van der Waals surface area contributed by atoms with Crippen LogP contribution in [0.5, 0.6) is 5.75 Å². The largest absolute Gasteiger partial charge is 0.489 e. The van der Waals surface area contributed by atoms with E-state index in [1.807, 2.05) is 55.6 Å². The molecule has 38 heavy (non-hydrogen) atoms. The second kappa shape index (κ2) is 10.2. The highest BCUT2D eigenvalue weighted by molar-refractivity contribution is 5.91. The van der Waals surface area contributed by atoms with E-state index in [0.29, 0.717) is 6.54 Å². The molecule has 2 aliphatic heterocycles. The summed E-state index contributed by atoms with van der Waals surface area (Å²) in [5, 5.41) is 14.6. The molecule has 1 saturated carbocycles. The number of hydrogen-bond donors (Lipinski definition) is 1. The van der Waals surface area contributed by atoms with E-state index in [1.165, 1.54) is 4.90 Å². The van der Waals surface area contributed by atoms with Crippen molar-refractivity contribution >= 4 is 17.9 Å². The van der Waals surface area contributed by atoms with Gasteiger partial charge in [0.15, 0.2) is 0 Å². The predicted octanol–water partition coefficient (Wildman–Crippen LogP) is 6.26. The van der Waals surface area contributed by atoms with Crippen LogP contribution in [0.1, 0.15) is 84.7 Å². The van der Waals surface area contributed by atoms with Gasteiger partial charge in [-0.2, -0.15) is 5.10 Å². The number of likely N-dealkylation sites (tertiary alicyclic amines) is 1. The summed E-state index contributed by atoms with van der Waals surface area (Å²) in [5.74, 6) is 0.804. The number of benzene rings is 1. The number of aromatic nitrogens is 2. The number of hydrogen-bond acceptors (Lipinski definition) is 5. The number of amides is 2. The molecule has 2 amide bonds. The molecule has 9 nitrogen and oxygen atoms in total. The molecular weight excluding hydrogens is 484 g/mol. The van der Waals surface area contributed by atoms with Gasteiger partial charge >= 0.3 is 12.2 Å². The fourth-order valence-electron chi connectivity index (χ4n) is 5.77. The molecule has 0 spiro atoms. The van der Waals surface area contributed by atoms with Gasteiger partial charge in [0, 0.05) is 41.5 Å². The van der Waals surface area contributed by atoms with Crippen molar-refractivity contribution < 1.29 is 24.2 Å². The van der Waals surface area contributed by atoms with Gasteiger partial charge in [-0.25, -0.2) is 9.59 Å². The van der Waals surface area contributed by atoms with Crippen molar-refractivity contribution in [1.82, 2.24) is 14.7 Å². The van der Waals surface area contributed by atoms with Crippen molar-refractivity contribution in [1.29, 1.82) is 0 Å². The maximum Gasteiger partial charge on any atom is 0.412 e. The first kappa shape index (κ1) is 26.4. The number of rotatable bonds is 4. The summed E-state index contributed by atoms with van der Waals surface area (Å²) in [4.78, 5) is 28.0. The minimum atomic E-state index is -0.930. The standard InChI is InChI=1S/C29H40N4O5/c1-18-9-10-24-25(33(18)27(34)35)12-11-23(26(24)37-22-7-6-8-22)20-16-30-32(17-20)21-13-14-31(19(2)15-21)28(36)38-29(3,4)5/h11-12,16-19,21-22H,6-10,13-15H2,1-5H3,(H,34,35)/t18-,19+,21-/m0/s1. The number of carbonyl (C=O) groups is 2. The zero-order chi connectivity index (χ0) is 27.2. The highest BCUT2D eigenvalue weighted by Gasteiger charge is 2.35. The molecule has 1 aromatic heterocycles. The van der Waals surface area contributed by atoms with Crippen molar-refractivity contribution in [2.24, 2.45) is 0 Å². The fraction of sp³-hybridized carbons (Fsp3) is 0.621. The molecule has 1 aliphatic carbocycles. The maximum atomic E-state index is 12.6. The molecule has 1 aromatic carbocycles. The molecular formula is C29H40N4O5. The molecule has 3 heterocycles. The highest BCUT2D eigenvalue weighted by Crippen LogP contribution is 2.45. The Hall–Kier alpha value is -3.23. The third-order valence-corrected chi connectivity index (χ3v) is 8.05.